The monoisotopic (exact) mass is 311 g/mol. The van der Waals surface area contributed by atoms with Crippen LogP contribution in [0.1, 0.15) is 39.0 Å². The molecule has 21 heavy (non-hydrogen) atoms. The molecular weight excluding hydrogens is 286 g/mol. The van der Waals surface area contributed by atoms with Gasteiger partial charge in [-0.3, -0.25) is 0 Å². The zero-order valence-electron chi connectivity index (χ0n) is 13.1. The number of thioether (sulfide) groups is 1. The molecule has 1 heterocycles. The van der Waals surface area contributed by atoms with E-state index in [2.05, 4.69) is 38.8 Å². The fourth-order valence-electron chi connectivity index (χ4n) is 2.54. The van der Waals surface area contributed by atoms with Gasteiger partial charge in [-0.25, -0.2) is 0 Å². The maximum atomic E-state index is 5.17. The minimum atomic E-state index is 0.350. The molecule has 1 fully saturated rings. The first-order valence-electron chi connectivity index (χ1n) is 7.60. The quantitative estimate of drug-likeness (QED) is 0.802. The van der Waals surface area contributed by atoms with Crippen molar-refractivity contribution in [1.82, 2.24) is 15.0 Å². The van der Waals surface area contributed by atoms with Crippen LogP contribution in [0, 0.1) is 0 Å². The van der Waals surface area contributed by atoms with Crippen molar-refractivity contribution in [1.29, 1.82) is 0 Å². The summed E-state index contributed by atoms with van der Waals surface area (Å²) in [6, 6.07) is 0.766. The van der Waals surface area contributed by atoms with Gasteiger partial charge < -0.3 is 15.4 Å². The third kappa shape index (κ3) is 4.62. The van der Waals surface area contributed by atoms with Crippen LogP contribution < -0.4 is 15.4 Å². The lowest BCUT2D eigenvalue weighted by molar-refractivity contribution is 0.379. The number of aromatic nitrogens is 3. The zero-order chi connectivity index (χ0) is 15.1. The van der Waals surface area contributed by atoms with E-state index >= 15 is 0 Å². The number of anilines is 2. The number of hydrogen-bond donors (Lipinski definition) is 2. The van der Waals surface area contributed by atoms with Crippen molar-refractivity contribution in [3.63, 3.8) is 0 Å². The molecule has 1 aliphatic carbocycles. The lowest BCUT2D eigenvalue weighted by Gasteiger charge is -2.30. The molecule has 0 aliphatic heterocycles. The molecule has 6 nitrogen and oxygen atoms in total. The molecule has 0 radical (unpaired) electrons. The highest BCUT2D eigenvalue weighted by molar-refractivity contribution is 7.99. The van der Waals surface area contributed by atoms with Gasteiger partial charge in [0, 0.05) is 17.8 Å². The summed E-state index contributed by atoms with van der Waals surface area (Å²) in [5.74, 6) is 1.18. The highest BCUT2D eigenvalue weighted by Crippen LogP contribution is 2.29. The number of hydrogen-bond acceptors (Lipinski definition) is 7. The zero-order valence-corrected chi connectivity index (χ0v) is 13.9. The van der Waals surface area contributed by atoms with E-state index in [4.69, 9.17) is 4.74 Å². The first kappa shape index (κ1) is 16.1. The van der Waals surface area contributed by atoms with Crippen LogP contribution in [-0.4, -0.2) is 46.2 Å². The van der Waals surface area contributed by atoms with Gasteiger partial charge in [-0.15, -0.1) is 0 Å². The SMILES string of the molecule is CCCNc1nc(NC2CCCCC2SC)nc(OC)n1. The second kappa shape index (κ2) is 8.26. The maximum absolute atomic E-state index is 5.17. The van der Waals surface area contributed by atoms with Crippen LogP contribution in [0.2, 0.25) is 0 Å². The Morgan fingerprint density at radius 3 is 2.67 bits per heavy atom. The molecule has 0 aromatic carbocycles. The number of nitrogens with one attached hydrogen (secondary N) is 2. The number of methoxy groups -OCH3 is 1. The highest BCUT2D eigenvalue weighted by Gasteiger charge is 2.25. The standard InChI is InChI=1S/C14H25N5OS/c1-4-9-15-12-17-13(19-14(18-12)20-2)16-10-7-5-6-8-11(10)21-3/h10-11H,4-9H2,1-3H3,(H2,15,16,17,18,19). The molecule has 1 saturated carbocycles. The summed E-state index contributed by atoms with van der Waals surface area (Å²) < 4.78 is 5.17. The molecule has 1 aromatic heterocycles. The van der Waals surface area contributed by atoms with Crippen molar-refractivity contribution in [3.8, 4) is 6.01 Å². The Balaban J connectivity index is 2.10. The van der Waals surface area contributed by atoms with Crippen LogP contribution in [0.4, 0.5) is 11.9 Å². The van der Waals surface area contributed by atoms with Gasteiger partial charge in [0.15, 0.2) is 0 Å². The van der Waals surface area contributed by atoms with E-state index in [0.29, 0.717) is 29.2 Å². The average molecular weight is 311 g/mol. The molecule has 7 heteroatoms. The van der Waals surface area contributed by atoms with Gasteiger partial charge in [0.05, 0.1) is 7.11 Å². The summed E-state index contributed by atoms with van der Waals surface area (Å²) in [6.45, 7) is 2.94. The summed E-state index contributed by atoms with van der Waals surface area (Å²) in [5, 5.41) is 7.27. The molecule has 0 bridgehead atoms. The van der Waals surface area contributed by atoms with Crippen LogP contribution >= 0.6 is 11.8 Å². The smallest absolute Gasteiger partial charge is 0.322 e. The first-order valence-corrected chi connectivity index (χ1v) is 8.89. The fraction of sp³-hybridized carbons (Fsp3) is 0.786. The molecule has 0 saturated heterocycles. The van der Waals surface area contributed by atoms with Crippen LogP contribution in [0.3, 0.4) is 0 Å². The number of rotatable bonds is 7. The highest BCUT2D eigenvalue weighted by atomic mass is 32.2. The van der Waals surface area contributed by atoms with Gasteiger partial charge in [-0.2, -0.15) is 26.7 Å². The predicted molar refractivity (Wildman–Crippen MR) is 88.3 cm³/mol. The van der Waals surface area contributed by atoms with Crippen molar-refractivity contribution >= 4 is 23.7 Å². The maximum Gasteiger partial charge on any atom is 0.322 e. The van der Waals surface area contributed by atoms with Gasteiger partial charge in [-0.05, 0) is 25.5 Å². The predicted octanol–water partition coefficient (Wildman–Crippen LogP) is 2.79. The van der Waals surface area contributed by atoms with Crippen LogP contribution in [0.5, 0.6) is 6.01 Å². The fourth-order valence-corrected chi connectivity index (χ4v) is 3.47. The van der Waals surface area contributed by atoms with E-state index in [1.807, 2.05) is 11.8 Å². The van der Waals surface area contributed by atoms with Crippen LogP contribution in [0.15, 0.2) is 0 Å². The minimum Gasteiger partial charge on any atom is -0.467 e. The Labute approximate surface area is 130 Å². The summed E-state index contributed by atoms with van der Waals surface area (Å²) >= 11 is 1.92. The normalized spacial score (nSPS) is 21.9. The molecule has 2 atom stereocenters. The first-order chi connectivity index (χ1) is 10.3. The average Bonchev–Trinajstić information content (AvgIpc) is 2.53. The Kier molecular flexibility index (Phi) is 6.35. The third-order valence-corrected chi connectivity index (χ3v) is 4.82. The Morgan fingerprint density at radius 2 is 1.95 bits per heavy atom. The van der Waals surface area contributed by atoms with E-state index in [-0.39, 0.29) is 0 Å². The van der Waals surface area contributed by atoms with Gasteiger partial charge in [0.1, 0.15) is 0 Å². The van der Waals surface area contributed by atoms with Gasteiger partial charge in [-0.1, -0.05) is 19.8 Å². The van der Waals surface area contributed by atoms with Crippen molar-refractivity contribution < 1.29 is 4.74 Å². The van der Waals surface area contributed by atoms with Gasteiger partial charge in [0.2, 0.25) is 11.9 Å². The number of nitrogens with zero attached hydrogens (tertiary/aromatic N) is 3. The second-order valence-corrected chi connectivity index (χ2v) is 6.28. The van der Waals surface area contributed by atoms with Gasteiger partial charge >= 0.3 is 6.01 Å². The van der Waals surface area contributed by atoms with E-state index < -0.39 is 0 Å². The van der Waals surface area contributed by atoms with Crippen LogP contribution in [0.25, 0.3) is 0 Å². The topological polar surface area (TPSA) is 72.0 Å². The Morgan fingerprint density at radius 1 is 1.19 bits per heavy atom. The molecule has 0 spiro atoms. The molecule has 0 amide bonds. The van der Waals surface area contributed by atoms with Crippen molar-refractivity contribution in [3.05, 3.63) is 0 Å². The van der Waals surface area contributed by atoms with E-state index in [9.17, 15) is 0 Å². The Bertz CT molecular complexity index is 445. The summed E-state index contributed by atoms with van der Waals surface area (Å²) in [4.78, 5) is 13.0. The molecule has 1 aromatic rings. The summed E-state index contributed by atoms with van der Waals surface area (Å²) in [5.41, 5.74) is 0. The van der Waals surface area contributed by atoms with Crippen molar-refractivity contribution in [2.45, 2.75) is 50.3 Å². The molecule has 2 N–H and O–H groups in total. The third-order valence-electron chi connectivity index (χ3n) is 3.65. The van der Waals surface area contributed by atoms with Crippen molar-refractivity contribution in [2.75, 3.05) is 30.5 Å². The van der Waals surface area contributed by atoms with E-state index in [1.54, 1.807) is 7.11 Å². The minimum absolute atomic E-state index is 0.350. The van der Waals surface area contributed by atoms with Crippen molar-refractivity contribution in [2.24, 2.45) is 0 Å². The Hall–Kier alpha value is -1.24. The lowest BCUT2D eigenvalue weighted by Crippen LogP contribution is -2.35. The largest absolute Gasteiger partial charge is 0.467 e. The van der Waals surface area contributed by atoms with E-state index in [0.717, 1.165) is 19.4 Å². The molecule has 2 unspecified atom stereocenters. The molecular formula is C14H25N5OS. The summed E-state index contributed by atoms with van der Waals surface area (Å²) in [7, 11) is 1.58. The van der Waals surface area contributed by atoms with Gasteiger partial charge in [0.25, 0.3) is 0 Å². The molecule has 2 rings (SSSR count). The van der Waals surface area contributed by atoms with Crippen LogP contribution in [-0.2, 0) is 0 Å². The molecule has 1 aliphatic rings. The van der Waals surface area contributed by atoms with E-state index in [1.165, 1.54) is 19.3 Å². The molecule has 118 valence electrons. The summed E-state index contributed by atoms with van der Waals surface area (Å²) in [6.07, 6.45) is 8.19. The lowest BCUT2D eigenvalue weighted by atomic mass is 9.95. The number of ether oxygens (including phenoxy) is 1. The second-order valence-electron chi connectivity index (χ2n) is 5.21.